The summed E-state index contributed by atoms with van der Waals surface area (Å²) in [7, 11) is 0. The lowest BCUT2D eigenvalue weighted by Crippen LogP contribution is -2.30. The van der Waals surface area contributed by atoms with Gasteiger partial charge in [0.2, 0.25) is 0 Å². The van der Waals surface area contributed by atoms with Crippen molar-refractivity contribution in [2.24, 2.45) is 0 Å². The van der Waals surface area contributed by atoms with Crippen molar-refractivity contribution in [2.75, 3.05) is 26.3 Å². The minimum absolute atomic E-state index is 0.420. The molecule has 0 aliphatic carbocycles. The largest absolute Gasteiger partial charge is 0.371 e. The predicted octanol–water partition coefficient (Wildman–Crippen LogP) is 1.18. The summed E-state index contributed by atoms with van der Waals surface area (Å²) in [6.45, 7) is 9.58. The van der Waals surface area contributed by atoms with E-state index in [-0.39, 0.29) is 0 Å². The van der Waals surface area contributed by atoms with Gasteiger partial charge in [0.1, 0.15) is 0 Å². The van der Waals surface area contributed by atoms with Crippen molar-refractivity contribution in [3.05, 3.63) is 24.4 Å². The van der Waals surface area contributed by atoms with Crippen LogP contribution in [-0.4, -0.2) is 43.4 Å². The van der Waals surface area contributed by atoms with Crippen LogP contribution in [0.1, 0.15) is 6.92 Å². The Labute approximate surface area is 85.0 Å². The molecule has 2 fully saturated rings. The van der Waals surface area contributed by atoms with E-state index in [1.54, 1.807) is 0 Å². The summed E-state index contributed by atoms with van der Waals surface area (Å²) < 4.78 is 10.5. The first kappa shape index (κ1) is 9.74. The molecule has 0 aromatic rings. The van der Waals surface area contributed by atoms with Crippen molar-refractivity contribution >= 4 is 0 Å². The average molecular weight is 195 g/mol. The van der Waals surface area contributed by atoms with Gasteiger partial charge < -0.3 is 14.4 Å². The number of hydrogen-bond donors (Lipinski definition) is 0. The van der Waals surface area contributed by atoms with E-state index >= 15 is 0 Å². The molecule has 78 valence electrons. The first-order chi connectivity index (χ1) is 6.83. The Morgan fingerprint density at radius 1 is 1.36 bits per heavy atom. The van der Waals surface area contributed by atoms with Gasteiger partial charge in [-0.2, -0.15) is 0 Å². The van der Waals surface area contributed by atoms with Crippen LogP contribution in [0.3, 0.4) is 0 Å². The summed E-state index contributed by atoms with van der Waals surface area (Å²) in [6, 6.07) is 0. The maximum absolute atomic E-state index is 5.24. The highest BCUT2D eigenvalue weighted by molar-refractivity contribution is 5.15. The average Bonchev–Trinajstić information content (AvgIpc) is 3.00. The van der Waals surface area contributed by atoms with Crippen molar-refractivity contribution in [2.45, 2.75) is 19.1 Å². The molecule has 2 aliphatic rings. The van der Waals surface area contributed by atoms with Crippen LogP contribution in [0.2, 0.25) is 0 Å². The predicted molar refractivity (Wildman–Crippen MR) is 55.0 cm³/mol. The van der Waals surface area contributed by atoms with Crippen LogP contribution in [-0.2, 0) is 9.47 Å². The summed E-state index contributed by atoms with van der Waals surface area (Å²) in [5.41, 5.74) is 1.18. The van der Waals surface area contributed by atoms with Crippen LogP contribution in [0.25, 0.3) is 0 Å². The standard InChI is InChI=1S/C11H17NO2/c1-3-9(4-2)12(5-10-7-13-10)6-11-8-14-11/h3-4,10-11H,1,5-8H2,2H3/b9-4+. The molecular weight excluding hydrogens is 178 g/mol. The summed E-state index contributed by atoms with van der Waals surface area (Å²) in [5, 5.41) is 0. The van der Waals surface area contributed by atoms with Crippen LogP contribution < -0.4 is 0 Å². The molecule has 3 nitrogen and oxygen atoms in total. The number of hydrogen-bond acceptors (Lipinski definition) is 3. The highest BCUT2D eigenvalue weighted by atomic mass is 16.6. The van der Waals surface area contributed by atoms with Crippen LogP contribution in [0, 0.1) is 0 Å². The number of nitrogens with zero attached hydrogens (tertiary/aromatic N) is 1. The highest BCUT2D eigenvalue weighted by Crippen LogP contribution is 2.19. The number of epoxide rings is 2. The fraction of sp³-hybridized carbons (Fsp3) is 0.636. The fourth-order valence-electron chi connectivity index (χ4n) is 1.55. The Balaban J connectivity index is 1.90. The van der Waals surface area contributed by atoms with E-state index in [1.807, 2.05) is 13.0 Å². The van der Waals surface area contributed by atoms with Gasteiger partial charge in [-0.25, -0.2) is 0 Å². The first-order valence-corrected chi connectivity index (χ1v) is 5.10. The molecule has 2 rings (SSSR count). The molecule has 0 aromatic carbocycles. The van der Waals surface area contributed by atoms with Gasteiger partial charge in [0.05, 0.1) is 25.4 Å². The van der Waals surface area contributed by atoms with Gasteiger partial charge in [0, 0.05) is 18.8 Å². The third-order valence-corrected chi connectivity index (χ3v) is 2.52. The second-order valence-corrected chi connectivity index (χ2v) is 3.73. The normalized spacial score (nSPS) is 29.9. The molecule has 0 amide bonds. The van der Waals surface area contributed by atoms with E-state index in [0.29, 0.717) is 12.2 Å². The lowest BCUT2D eigenvalue weighted by atomic mass is 10.3. The minimum atomic E-state index is 0.420. The second-order valence-electron chi connectivity index (χ2n) is 3.73. The molecule has 2 unspecified atom stereocenters. The Kier molecular flexibility index (Phi) is 2.89. The van der Waals surface area contributed by atoms with Crippen molar-refractivity contribution in [1.29, 1.82) is 0 Å². The number of rotatable bonds is 6. The van der Waals surface area contributed by atoms with Gasteiger partial charge in [-0.05, 0) is 13.0 Å². The number of ether oxygens (including phenoxy) is 2. The zero-order valence-electron chi connectivity index (χ0n) is 8.61. The summed E-state index contributed by atoms with van der Waals surface area (Å²) in [6.07, 6.45) is 4.81. The van der Waals surface area contributed by atoms with Crippen LogP contribution in [0.4, 0.5) is 0 Å². The van der Waals surface area contributed by atoms with Gasteiger partial charge >= 0.3 is 0 Å². The van der Waals surface area contributed by atoms with E-state index in [4.69, 9.17) is 9.47 Å². The Bertz CT molecular complexity index is 228. The maximum atomic E-state index is 5.24. The monoisotopic (exact) mass is 195 g/mol. The molecule has 0 N–H and O–H groups in total. The van der Waals surface area contributed by atoms with Gasteiger partial charge in [0.25, 0.3) is 0 Å². The Morgan fingerprint density at radius 2 is 1.86 bits per heavy atom. The quantitative estimate of drug-likeness (QED) is 0.470. The maximum Gasteiger partial charge on any atom is 0.0984 e. The van der Waals surface area contributed by atoms with E-state index in [0.717, 1.165) is 26.3 Å². The molecule has 14 heavy (non-hydrogen) atoms. The van der Waals surface area contributed by atoms with Crippen molar-refractivity contribution in [3.63, 3.8) is 0 Å². The molecule has 0 saturated carbocycles. The summed E-state index contributed by atoms with van der Waals surface area (Å²) in [5.74, 6) is 0. The second kappa shape index (κ2) is 4.15. The Morgan fingerprint density at radius 3 is 2.14 bits per heavy atom. The van der Waals surface area contributed by atoms with Gasteiger partial charge in [0.15, 0.2) is 0 Å². The van der Waals surface area contributed by atoms with Crippen LogP contribution in [0.15, 0.2) is 24.4 Å². The summed E-state index contributed by atoms with van der Waals surface area (Å²) >= 11 is 0. The molecule has 3 heteroatoms. The van der Waals surface area contributed by atoms with Gasteiger partial charge in [-0.1, -0.05) is 12.7 Å². The van der Waals surface area contributed by atoms with Gasteiger partial charge in [-0.15, -0.1) is 0 Å². The minimum Gasteiger partial charge on any atom is -0.371 e. The number of allylic oxidation sites excluding steroid dienone is 2. The molecule has 2 atom stereocenters. The molecule has 2 heterocycles. The van der Waals surface area contributed by atoms with E-state index in [9.17, 15) is 0 Å². The first-order valence-electron chi connectivity index (χ1n) is 5.10. The van der Waals surface area contributed by atoms with Crippen molar-refractivity contribution in [1.82, 2.24) is 4.90 Å². The molecule has 0 bridgehead atoms. The van der Waals surface area contributed by atoms with E-state index in [1.165, 1.54) is 5.70 Å². The van der Waals surface area contributed by atoms with Crippen LogP contribution >= 0.6 is 0 Å². The zero-order valence-corrected chi connectivity index (χ0v) is 8.61. The highest BCUT2D eigenvalue weighted by Gasteiger charge is 2.30. The summed E-state index contributed by atoms with van der Waals surface area (Å²) in [4.78, 5) is 2.29. The topological polar surface area (TPSA) is 28.3 Å². The van der Waals surface area contributed by atoms with Crippen molar-refractivity contribution < 1.29 is 9.47 Å². The third kappa shape index (κ3) is 2.59. The van der Waals surface area contributed by atoms with Crippen LogP contribution in [0.5, 0.6) is 0 Å². The lowest BCUT2D eigenvalue weighted by molar-refractivity contribution is 0.267. The fourth-order valence-corrected chi connectivity index (χ4v) is 1.55. The molecule has 2 aliphatic heterocycles. The van der Waals surface area contributed by atoms with Crippen molar-refractivity contribution in [3.8, 4) is 0 Å². The smallest absolute Gasteiger partial charge is 0.0984 e. The molecule has 0 aromatic heterocycles. The third-order valence-electron chi connectivity index (χ3n) is 2.52. The lowest BCUT2D eigenvalue weighted by Gasteiger charge is -2.23. The Hall–Kier alpha value is -0.800. The molecule has 0 spiro atoms. The SMILES string of the molecule is C=C/C(=C\C)N(CC1CO1)CC1CO1. The van der Waals surface area contributed by atoms with E-state index < -0.39 is 0 Å². The zero-order chi connectivity index (χ0) is 9.97. The molecule has 2 saturated heterocycles. The molecular formula is C11H17NO2. The molecule has 0 radical (unpaired) electrons. The van der Waals surface area contributed by atoms with Gasteiger partial charge in [-0.3, -0.25) is 0 Å². The van der Waals surface area contributed by atoms with E-state index in [2.05, 4.69) is 17.6 Å².